The van der Waals surface area contributed by atoms with Crippen molar-refractivity contribution in [3.63, 3.8) is 0 Å². The van der Waals surface area contributed by atoms with Crippen molar-refractivity contribution in [1.82, 2.24) is 0 Å². The van der Waals surface area contributed by atoms with Crippen molar-refractivity contribution in [3.8, 4) is 0 Å². The first-order valence-corrected chi connectivity index (χ1v) is 8.37. The van der Waals surface area contributed by atoms with E-state index >= 15 is 0 Å². The number of anilines is 1. The molecule has 0 unspecified atom stereocenters. The summed E-state index contributed by atoms with van der Waals surface area (Å²) in [5.74, 6) is 0.770. The van der Waals surface area contributed by atoms with Gasteiger partial charge in [0.15, 0.2) is 0 Å². The van der Waals surface area contributed by atoms with Crippen LogP contribution in [-0.4, -0.2) is 11.4 Å². The van der Waals surface area contributed by atoms with Gasteiger partial charge in [-0.25, -0.2) is 0 Å². The molecular formula is C19H27NO. The smallest absolute Gasteiger partial charge is 0.224 e. The number of carbonyl (C=O) groups excluding carboxylic acids is 1. The Hall–Kier alpha value is -1.31. The average Bonchev–Trinajstić information content (AvgIpc) is 2.43. The molecule has 2 heteroatoms. The largest absolute Gasteiger partial charge is 0.306 e. The van der Waals surface area contributed by atoms with Gasteiger partial charge in [-0.2, -0.15) is 0 Å². The highest BCUT2D eigenvalue weighted by Gasteiger charge is 2.46. The predicted octanol–water partition coefficient (Wildman–Crippen LogP) is 4.87. The minimum atomic E-state index is 0.0784. The van der Waals surface area contributed by atoms with E-state index in [4.69, 9.17) is 0 Å². The summed E-state index contributed by atoms with van der Waals surface area (Å²) in [7, 11) is 0. The van der Waals surface area contributed by atoms with E-state index in [1.807, 2.05) is 0 Å². The summed E-state index contributed by atoms with van der Waals surface area (Å²) >= 11 is 0. The van der Waals surface area contributed by atoms with E-state index in [1.165, 1.54) is 54.5 Å². The molecule has 3 rings (SSSR count). The molecule has 1 heterocycles. The lowest BCUT2D eigenvalue weighted by atomic mass is 9.69. The first-order valence-electron chi connectivity index (χ1n) is 8.37. The van der Waals surface area contributed by atoms with Crippen LogP contribution in [0, 0.1) is 13.8 Å². The summed E-state index contributed by atoms with van der Waals surface area (Å²) in [4.78, 5) is 14.7. The van der Waals surface area contributed by atoms with Crippen molar-refractivity contribution in [3.05, 3.63) is 28.8 Å². The molecular weight excluding hydrogens is 258 g/mol. The average molecular weight is 285 g/mol. The summed E-state index contributed by atoms with van der Waals surface area (Å²) in [6.45, 7) is 8.42. The lowest BCUT2D eigenvalue weighted by Crippen LogP contribution is -2.56. The van der Waals surface area contributed by atoms with Crippen molar-refractivity contribution >= 4 is 11.6 Å². The van der Waals surface area contributed by atoms with E-state index in [2.05, 4.69) is 37.8 Å². The summed E-state index contributed by atoms with van der Waals surface area (Å²) < 4.78 is 0. The van der Waals surface area contributed by atoms with Crippen molar-refractivity contribution in [2.24, 2.45) is 0 Å². The monoisotopic (exact) mass is 285 g/mol. The molecule has 114 valence electrons. The summed E-state index contributed by atoms with van der Waals surface area (Å²) in [6.07, 6.45) is 7.31. The second-order valence-corrected chi connectivity index (χ2v) is 7.19. The highest BCUT2D eigenvalue weighted by Crippen LogP contribution is 2.51. The van der Waals surface area contributed by atoms with Crippen molar-refractivity contribution in [1.29, 1.82) is 0 Å². The molecule has 1 atom stereocenters. The van der Waals surface area contributed by atoms with Gasteiger partial charge in [-0.05, 0) is 55.7 Å². The second-order valence-electron chi connectivity index (χ2n) is 7.19. The van der Waals surface area contributed by atoms with Crippen LogP contribution < -0.4 is 4.90 Å². The second kappa shape index (κ2) is 5.15. The fourth-order valence-electron chi connectivity index (χ4n) is 4.65. The maximum absolute atomic E-state index is 12.5. The number of benzene rings is 1. The van der Waals surface area contributed by atoms with Gasteiger partial charge in [0.25, 0.3) is 0 Å². The molecule has 2 aliphatic rings. The van der Waals surface area contributed by atoms with Crippen molar-refractivity contribution in [2.45, 2.75) is 77.7 Å². The van der Waals surface area contributed by atoms with Crippen LogP contribution in [0.1, 0.15) is 75.0 Å². The zero-order chi connectivity index (χ0) is 15.2. The molecule has 0 aromatic heterocycles. The topological polar surface area (TPSA) is 20.3 Å². The number of rotatable bonds is 0. The van der Waals surface area contributed by atoms with Gasteiger partial charge in [-0.1, -0.05) is 38.3 Å². The van der Waals surface area contributed by atoms with Gasteiger partial charge in [0.2, 0.25) is 5.91 Å². The van der Waals surface area contributed by atoms with Crippen LogP contribution in [0.25, 0.3) is 0 Å². The van der Waals surface area contributed by atoms with Gasteiger partial charge in [0.1, 0.15) is 0 Å². The molecule has 1 spiro atoms. The molecule has 1 aliphatic carbocycles. The quantitative estimate of drug-likeness (QED) is 0.666. The highest BCUT2D eigenvalue weighted by atomic mass is 16.2. The summed E-state index contributed by atoms with van der Waals surface area (Å²) in [6, 6.07) is 4.45. The number of aryl methyl sites for hydroxylation is 1. The van der Waals surface area contributed by atoms with Crippen LogP contribution in [0.5, 0.6) is 0 Å². The number of amides is 1. The molecule has 2 nitrogen and oxygen atoms in total. The van der Waals surface area contributed by atoms with Gasteiger partial charge < -0.3 is 4.90 Å². The Bertz CT molecular complexity index is 569. The van der Waals surface area contributed by atoms with Gasteiger partial charge >= 0.3 is 0 Å². The minimum absolute atomic E-state index is 0.0784. The molecule has 1 amide bonds. The number of hydrogen-bond acceptors (Lipinski definition) is 1. The zero-order valence-electron chi connectivity index (χ0n) is 13.8. The molecule has 21 heavy (non-hydrogen) atoms. The molecule has 0 saturated heterocycles. The zero-order valence-corrected chi connectivity index (χ0v) is 13.8. The number of nitrogens with zero attached hydrogens (tertiary/aromatic N) is 1. The third kappa shape index (κ3) is 2.20. The standard InChI is InChI=1S/C19H27NO/c1-13-8-9-17-14(2)12-19(10-6-5-7-11-19)20(16(4)21)18(17)15(13)3/h8-9,14H,5-7,10-12H2,1-4H3/t14-/m0/s1. The normalized spacial score (nSPS) is 24.0. The Labute approximate surface area is 128 Å². The van der Waals surface area contributed by atoms with E-state index < -0.39 is 0 Å². The van der Waals surface area contributed by atoms with E-state index in [9.17, 15) is 4.79 Å². The van der Waals surface area contributed by atoms with Crippen LogP contribution >= 0.6 is 0 Å². The maximum atomic E-state index is 12.5. The molecule has 1 aliphatic heterocycles. The van der Waals surface area contributed by atoms with E-state index in [1.54, 1.807) is 6.92 Å². The molecule has 0 bridgehead atoms. The Kier molecular flexibility index (Phi) is 3.59. The lowest BCUT2D eigenvalue weighted by molar-refractivity contribution is -0.118. The van der Waals surface area contributed by atoms with Crippen LogP contribution in [-0.2, 0) is 4.79 Å². The summed E-state index contributed by atoms with van der Waals surface area (Å²) in [5.41, 5.74) is 5.25. The molecule has 1 fully saturated rings. The van der Waals surface area contributed by atoms with Crippen LogP contribution in [0.15, 0.2) is 12.1 Å². The van der Waals surface area contributed by atoms with E-state index in [0.29, 0.717) is 5.92 Å². The fraction of sp³-hybridized carbons (Fsp3) is 0.632. The van der Waals surface area contributed by atoms with Gasteiger partial charge in [-0.15, -0.1) is 0 Å². The van der Waals surface area contributed by atoms with E-state index in [0.717, 1.165) is 6.42 Å². The lowest BCUT2D eigenvalue weighted by Gasteiger charge is -2.52. The predicted molar refractivity (Wildman–Crippen MR) is 87.9 cm³/mol. The highest BCUT2D eigenvalue weighted by molar-refractivity contribution is 5.96. The van der Waals surface area contributed by atoms with Crippen LogP contribution in [0.4, 0.5) is 5.69 Å². The fourth-order valence-corrected chi connectivity index (χ4v) is 4.65. The first-order chi connectivity index (χ1) is 9.96. The third-order valence-electron chi connectivity index (χ3n) is 5.75. The van der Waals surface area contributed by atoms with Crippen molar-refractivity contribution < 1.29 is 4.79 Å². The third-order valence-corrected chi connectivity index (χ3v) is 5.75. The molecule has 1 aromatic carbocycles. The Morgan fingerprint density at radius 3 is 2.48 bits per heavy atom. The molecule has 0 radical (unpaired) electrons. The Balaban J connectivity index is 2.20. The van der Waals surface area contributed by atoms with Crippen LogP contribution in [0.2, 0.25) is 0 Å². The Morgan fingerprint density at radius 2 is 1.86 bits per heavy atom. The van der Waals surface area contributed by atoms with Gasteiger partial charge in [0, 0.05) is 12.5 Å². The number of fused-ring (bicyclic) bond motifs is 1. The van der Waals surface area contributed by atoms with E-state index in [-0.39, 0.29) is 11.4 Å². The van der Waals surface area contributed by atoms with Gasteiger partial charge in [0.05, 0.1) is 5.69 Å². The molecule has 0 N–H and O–H groups in total. The Morgan fingerprint density at radius 1 is 1.19 bits per heavy atom. The summed E-state index contributed by atoms with van der Waals surface area (Å²) in [5, 5.41) is 0. The number of carbonyl (C=O) groups is 1. The minimum Gasteiger partial charge on any atom is -0.306 e. The number of hydrogen-bond donors (Lipinski definition) is 0. The molecule has 1 aromatic rings. The first kappa shape index (κ1) is 14.6. The van der Waals surface area contributed by atoms with Gasteiger partial charge in [-0.3, -0.25) is 4.79 Å². The van der Waals surface area contributed by atoms with Crippen LogP contribution in [0.3, 0.4) is 0 Å². The maximum Gasteiger partial charge on any atom is 0.224 e. The van der Waals surface area contributed by atoms with Crippen molar-refractivity contribution in [2.75, 3.05) is 4.90 Å². The molecule has 1 saturated carbocycles. The SMILES string of the molecule is CC(=O)N1c2c(ccc(C)c2C)[C@@H](C)CC12CCCCC2.